The Morgan fingerprint density at radius 2 is 1.33 bits per heavy atom. The Morgan fingerprint density at radius 1 is 0.933 bits per heavy atom. The van der Waals surface area contributed by atoms with Gasteiger partial charge in [0.25, 0.3) is 0 Å². The molecule has 0 bridgehead atoms. The van der Waals surface area contributed by atoms with Gasteiger partial charge >= 0.3 is 6.03 Å². The van der Waals surface area contributed by atoms with Gasteiger partial charge in [0.2, 0.25) is 0 Å². The Hall–Kier alpha value is -0.840. The lowest BCUT2D eigenvalue weighted by atomic mass is 10.1. The Kier molecular flexibility index (Phi) is 4.52. The Bertz CT molecular complexity index is 224. The summed E-state index contributed by atoms with van der Waals surface area (Å²) in [7, 11) is 0. The lowest BCUT2D eigenvalue weighted by Crippen LogP contribution is -2.53. The van der Waals surface area contributed by atoms with Crippen molar-refractivity contribution in [2.45, 2.75) is 52.6 Å². The average Bonchev–Trinajstić information content (AvgIpc) is 1.73. The molecule has 0 rings (SSSR count). The minimum Gasteiger partial charge on any atom is -0.358 e. The molecular weight excluding hydrogens is 210 g/mol. The number of urea groups is 1. The first kappa shape index (κ1) is 14.2. The molecular formula is C10H21N3OS. The van der Waals surface area contributed by atoms with E-state index >= 15 is 0 Å². The van der Waals surface area contributed by atoms with Gasteiger partial charge in [-0.1, -0.05) is 0 Å². The topological polar surface area (TPSA) is 53.2 Å². The maximum absolute atomic E-state index is 11.4. The van der Waals surface area contributed by atoms with Gasteiger partial charge in [0, 0.05) is 11.1 Å². The molecule has 0 fully saturated rings. The molecule has 0 aromatic carbocycles. The third-order valence-corrected chi connectivity index (χ3v) is 1.41. The van der Waals surface area contributed by atoms with Crippen molar-refractivity contribution in [1.29, 1.82) is 0 Å². The molecule has 0 aliphatic heterocycles. The van der Waals surface area contributed by atoms with Crippen LogP contribution in [0.2, 0.25) is 0 Å². The fourth-order valence-electron chi connectivity index (χ4n) is 0.847. The van der Waals surface area contributed by atoms with Crippen LogP contribution < -0.4 is 16.0 Å². The molecule has 2 amide bonds. The van der Waals surface area contributed by atoms with E-state index in [1.807, 2.05) is 41.5 Å². The van der Waals surface area contributed by atoms with Crippen LogP contribution in [0.25, 0.3) is 0 Å². The zero-order valence-electron chi connectivity index (χ0n) is 10.3. The summed E-state index contributed by atoms with van der Waals surface area (Å²) in [6.45, 7) is 11.7. The van der Waals surface area contributed by atoms with Crippen LogP contribution >= 0.6 is 12.2 Å². The number of amides is 2. The standard InChI is InChI=1S/C10H21N3OS/c1-9(2,3)12-7(14)11-8(15)13-10(4,5)6/h1-6H3,(H3,11,12,13,14,15). The second-order valence-corrected chi connectivity index (χ2v) is 5.94. The highest BCUT2D eigenvalue weighted by Crippen LogP contribution is 1.99. The molecule has 88 valence electrons. The van der Waals surface area contributed by atoms with Crippen molar-refractivity contribution in [2.75, 3.05) is 0 Å². The lowest BCUT2D eigenvalue weighted by molar-refractivity contribution is 0.236. The van der Waals surface area contributed by atoms with Crippen LogP contribution in [0.15, 0.2) is 0 Å². The number of hydrogen-bond donors (Lipinski definition) is 3. The Labute approximate surface area is 97.2 Å². The summed E-state index contributed by atoms with van der Waals surface area (Å²) < 4.78 is 0. The average molecular weight is 231 g/mol. The predicted molar refractivity (Wildman–Crippen MR) is 66.9 cm³/mol. The first-order valence-corrected chi connectivity index (χ1v) is 5.32. The quantitative estimate of drug-likeness (QED) is 0.557. The van der Waals surface area contributed by atoms with E-state index in [2.05, 4.69) is 16.0 Å². The molecule has 3 N–H and O–H groups in total. The van der Waals surface area contributed by atoms with E-state index in [1.165, 1.54) is 0 Å². The molecule has 0 atom stereocenters. The molecule has 0 heterocycles. The van der Waals surface area contributed by atoms with E-state index in [1.54, 1.807) is 0 Å². The molecule has 0 spiro atoms. The SMILES string of the molecule is CC(C)(C)NC(=O)NC(=S)NC(C)(C)C. The van der Waals surface area contributed by atoms with E-state index in [9.17, 15) is 4.79 Å². The zero-order valence-corrected chi connectivity index (χ0v) is 11.1. The summed E-state index contributed by atoms with van der Waals surface area (Å²) in [5, 5.41) is 8.65. The van der Waals surface area contributed by atoms with Crippen LogP contribution in [-0.2, 0) is 0 Å². The molecule has 0 saturated heterocycles. The first-order chi connectivity index (χ1) is 6.49. The largest absolute Gasteiger partial charge is 0.358 e. The summed E-state index contributed by atoms with van der Waals surface area (Å²) in [6, 6.07) is -0.288. The number of hydrogen-bond acceptors (Lipinski definition) is 2. The molecule has 0 aromatic rings. The fourth-order valence-corrected chi connectivity index (χ4v) is 1.25. The molecule has 0 aromatic heterocycles. The van der Waals surface area contributed by atoms with Crippen molar-refractivity contribution in [3.05, 3.63) is 0 Å². The number of rotatable bonds is 0. The van der Waals surface area contributed by atoms with Crippen molar-refractivity contribution in [1.82, 2.24) is 16.0 Å². The summed E-state index contributed by atoms with van der Waals surface area (Å²) in [5.41, 5.74) is -0.409. The van der Waals surface area contributed by atoms with Crippen molar-refractivity contribution < 1.29 is 4.79 Å². The molecule has 0 aliphatic rings. The van der Waals surface area contributed by atoms with Crippen LogP contribution in [0.4, 0.5) is 4.79 Å². The van der Waals surface area contributed by atoms with Gasteiger partial charge in [0.1, 0.15) is 0 Å². The molecule has 0 radical (unpaired) electrons. The highest BCUT2D eigenvalue weighted by atomic mass is 32.1. The van der Waals surface area contributed by atoms with Crippen LogP contribution in [0.3, 0.4) is 0 Å². The van der Waals surface area contributed by atoms with Gasteiger partial charge < -0.3 is 10.6 Å². The maximum atomic E-state index is 11.4. The normalized spacial score (nSPS) is 11.9. The minimum atomic E-state index is -0.288. The summed E-state index contributed by atoms with van der Waals surface area (Å²) in [5.74, 6) is 0. The number of thiocarbonyl (C=S) groups is 1. The predicted octanol–water partition coefficient (Wildman–Crippen LogP) is 1.76. The van der Waals surface area contributed by atoms with Crippen molar-refractivity contribution in [2.24, 2.45) is 0 Å². The number of carbonyl (C=O) groups is 1. The molecule has 4 nitrogen and oxygen atoms in total. The van der Waals surface area contributed by atoms with E-state index in [0.29, 0.717) is 5.11 Å². The third-order valence-electron chi connectivity index (χ3n) is 1.20. The first-order valence-electron chi connectivity index (χ1n) is 4.91. The van der Waals surface area contributed by atoms with Crippen molar-refractivity contribution in [3.8, 4) is 0 Å². The van der Waals surface area contributed by atoms with E-state index < -0.39 is 0 Å². The van der Waals surface area contributed by atoms with E-state index in [4.69, 9.17) is 12.2 Å². The van der Waals surface area contributed by atoms with Crippen molar-refractivity contribution >= 4 is 23.4 Å². The van der Waals surface area contributed by atoms with Gasteiger partial charge in [-0.25, -0.2) is 4.79 Å². The lowest BCUT2D eigenvalue weighted by Gasteiger charge is -2.25. The molecule has 0 aliphatic carbocycles. The van der Waals surface area contributed by atoms with Gasteiger partial charge in [-0.15, -0.1) is 0 Å². The van der Waals surface area contributed by atoms with Gasteiger partial charge in [-0.05, 0) is 53.8 Å². The zero-order chi connectivity index (χ0) is 12.3. The summed E-state index contributed by atoms with van der Waals surface area (Å²) in [4.78, 5) is 11.4. The Balaban J connectivity index is 4.04. The van der Waals surface area contributed by atoms with Gasteiger partial charge in [-0.3, -0.25) is 5.32 Å². The highest BCUT2D eigenvalue weighted by Gasteiger charge is 2.16. The molecule has 15 heavy (non-hydrogen) atoms. The summed E-state index contributed by atoms with van der Waals surface area (Å²) >= 11 is 4.98. The highest BCUT2D eigenvalue weighted by molar-refractivity contribution is 7.80. The smallest absolute Gasteiger partial charge is 0.321 e. The van der Waals surface area contributed by atoms with Crippen LogP contribution in [-0.4, -0.2) is 22.2 Å². The van der Waals surface area contributed by atoms with Gasteiger partial charge in [0.15, 0.2) is 5.11 Å². The van der Waals surface area contributed by atoms with E-state index in [0.717, 1.165) is 0 Å². The maximum Gasteiger partial charge on any atom is 0.321 e. The molecule has 0 saturated carbocycles. The van der Waals surface area contributed by atoms with Crippen LogP contribution in [0.5, 0.6) is 0 Å². The van der Waals surface area contributed by atoms with E-state index in [-0.39, 0.29) is 17.1 Å². The molecule has 0 unspecified atom stereocenters. The number of nitrogens with one attached hydrogen (secondary N) is 3. The molecule has 5 heteroatoms. The van der Waals surface area contributed by atoms with Gasteiger partial charge in [-0.2, -0.15) is 0 Å². The minimum absolute atomic E-state index is 0.147. The van der Waals surface area contributed by atoms with Crippen LogP contribution in [0.1, 0.15) is 41.5 Å². The van der Waals surface area contributed by atoms with Crippen molar-refractivity contribution in [3.63, 3.8) is 0 Å². The number of carbonyl (C=O) groups excluding carboxylic acids is 1. The van der Waals surface area contributed by atoms with Crippen LogP contribution in [0, 0.1) is 0 Å². The fraction of sp³-hybridized carbons (Fsp3) is 0.800. The second-order valence-electron chi connectivity index (χ2n) is 5.53. The third kappa shape index (κ3) is 9.46. The monoisotopic (exact) mass is 231 g/mol. The summed E-state index contributed by atoms with van der Waals surface area (Å²) in [6.07, 6.45) is 0. The Morgan fingerprint density at radius 3 is 1.67 bits per heavy atom. The second kappa shape index (κ2) is 4.79. The van der Waals surface area contributed by atoms with Gasteiger partial charge in [0.05, 0.1) is 0 Å².